The molecular weight excluding hydrogens is 238 g/mol. The average Bonchev–Trinajstić information content (AvgIpc) is 2.87. The second-order valence-electron chi connectivity index (χ2n) is 5.25. The van der Waals surface area contributed by atoms with Crippen LogP contribution in [0, 0.1) is 12.8 Å². The van der Waals surface area contributed by atoms with Crippen LogP contribution in [0.3, 0.4) is 0 Å². The molecule has 5 nitrogen and oxygen atoms in total. The fourth-order valence-electron chi connectivity index (χ4n) is 2.59. The van der Waals surface area contributed by atoms with E-state index in [1.165, 1.54) is 12.8 Å². The van der Waals surface area contributed by atoms with E-state index in [1.807, 2.05) is 13.0 Å². The van der Waals surface area contributed by atoms with Gasteiger partial charge in [0.1, 0.15) is 12.0 Å². The van der Waals surface area contributed by atoms with Crippen molar-refractivity contribution in [3.63, 3.8) is 0 Å². The highest BCUT2D eigenvalue weighted by Gasteiger charge is 2.15. The fraction of sp³-hybridized carbons (Fsp3) is 0.500. The number of rotatable bonds is 3. The highest BCUT2D eigenvalue weighted by molar-refractivity contribution is 5.54. The summed E-state index contributed by atoms with van der Waals surface area (Å²) >= 11 is 0. The third-order valence-corrected chi connectivity index (χ3v) is 3.59. The van der Waals surface area contributed by atoms with Gasteiger partial charge in [-0.3, -0.25) is 5.10 Å². The van der Waals surface area contributed by atoms with Gasteiger partial charge in [-0.15, -0.1) is 0 Å². The van der Waals surface area contributed by atoms with Crippen LogP contribution in [0.5, 0.6) is 0 Å². The molecule has 0 saturated carbocycles. The zero-order valence-electron chi connectivity index (χ0n) is 11.2. The minimum atomic E-state index is 0.692. The molecule has 0 spiro atoms. The summed E-state index contributed by atoms with van der Waals surface area (Å²) in [4.78, 5) is 8.70. The van der Waals surface area contributed by atoms with Crippen LogP contribution in [-0.4, -0.2) is 33.3 Å². The first-order valence-electron chi connectivity index (χ1n) is 6.85. The lowest BCUT2D eigenvalue weighted by Crippen LogP contribution is -2.31. The molecule has 2 aromatic heterocycles. The SMILES string of the molecule is Cc1cc(-c2cc(CC3CCCNC3)ncn2)n[nH]1. The van der Waals surface area contributed by atoms with Crippen molar-refractivity contribution in [1.82, 2.24) is 25.5 Å². The van der Waals surface area contributed by atoms with E-state index in [2.05, 4.69) is 31.5 Å². The molecule has 1 aliphatic rings. The van der Waals surface area contributed by atoms with Gasteiger partial charge in [-0.25, -0.2) is 9.97 Å². The minimum Gasteiger partial charge on any atom is -0.316 e. The molecule has 19 heavy (non-hydrogen) atoms. The molecule has 1 atom stereocenters. The Morgan fingerprint density at radius 1 is 1.26 bits per heavy atom. The number of hydrogen-bond donors (Lipinski definition) is 2. The zero-order chi connectivity index (χ0) is 13.1. The van der Waals surface area contributed by atoms with Gasteiger partial charge in [0.2, 0.25) is 0 Å². The Balaban J connectivity index is 1.75. The first kappa shape index (κ1) is 12.3. The highest BCUT2D eigenvalue weighted by atomic mass is 15.1. The Kier molecular flexibility index (Phi) is 3.55. The van der Waals surface area contributed by atoms with Crippen LogP contribution in [0.2, 0.25) is 0 Å². The van der Waals surface area contributed by atoms with Crippen molar-refractivity contribution in [3.8, 4) is 11.4 Å². The summed E-state index contributed by atoms with van der Waals surface area (Å²) in [6.45, 7) is 4.24. The molecule has 1 fully saturated rings. The number of aromatic nitrogens is 4. The summed E-state index contributed by atoms with van der Waals surface area (Å²) < 4.78 is 0. The van der Waals surface area contributed by atoms with Crippen molar-refractivity contribution in [1.29, 1.82) is 0 Å². The molecule has 1 unspecified atom stereocenters. The second kappa shape index (κ2) is 5.48. The Morgan fingerprint density at radius 3 is 2.95 bits per heavy atom. The monoisotopic (exact) mass is 257 g/mol. The third kappa shape index (κ3) is 2.98. The van der Waals surface area contributed by atoms with E-state index in [9.17, 15) is 0 Å². The first-order chi connectivity index (χ1) is 9.31. The largest absolute Gasteiger partial charge is 0.316 e. The number of hydrogen-bond acceptors (Lipinski definition) is 4. The predicted molar refractivity (Wildman–Crippen MR) is 73.6 cm³/mol. The van der Waals surface area contributed by atoms with Crippen LogP contribution in [0.15, 0.2) is 18.5 Å². The molecule has 1 aliphatic heterocycles. The summed E-state index contributed by atoms with van der Waals surface area (Å²) in [5.74, 6) is 0.692. The molecule has 0 bridgehead atoms. The molecule has 3 rings (SSSR count). The van der Waals surface area contributed by atoms with Crippen LogP contribution in [0.1, 0.15) is 24.2 Å². The average molecular weight is 257 g/mol. The summed E-state index contributed by atoms with van der Waals surface area (Å²) in [6.07, 6.45) is 5.21. The first-order valence-corrected chi connectivity index (χ1v) is 6.85. The molecule has 0 amide bonds. The number of aromatic amines is 1. The maximum absolute atomic E-state index is 4.39. The number of aryl methyl sites for hydroxylation is 1. The van der Waals surface area contributed by atoms with Crippen LogP contribution in [0.25, 0.3) is 11.4 Å². The van der Waals surface area contributed by atoms with Gasteiger partial charge in [-0.2, -0.15) is 5.10 Å². The van der Waals surface area contributed by atoms with Gasteiger partial charge in [0.05, 0.1) is 5.69 Å². The van der Waals surface area contributed by atoms with Crippen LogP contribution in [0.4, 0.5) is 0 Å². The third-order valence-electron chi connectivity index (χ3n) is 3.59. The van der Waals surface area contributed by atoms with E-state index in [-0.39, 0.29) is 0 Å². The quantitative estimate of drug-likeness (QED) is 0.878. The second-order valence-corrected chi connectivity index (χ2v) is 5.25. The lowest BCUT2D eigenvalue weighted by atomic mass is 9.94. The molecule has 2 aromatic rings. The molecule has 2 N–H and O–H groups in total. The number of H-pyrrole nitrogens is 1. The van der Waals surface area contributed by atoms with Gasteiger partial charge in [-0.05, 0) is 57.3 Å². The van der Waals surface area contributed by atoms with E-state index < -0.39 is 0 Å². The van der Waals surface area contributed by atoms with Crippen molar-refractivity contribution in [2.45, 2.75) is 26.2 Å². The smallest absolute Gasteiger partial charge is 0.116 e. The van der Waals surface area contributed by atoms with Crippen molar-refractivity contribution < 1.29 is 0 Å². The van der Waals surface area contributed by atoms with Gasteiger partial charge in [0, 0.05) is 11.4 Å². The molecule has 100 valence electrons. The van der Waals surface area contributed by atoms with E-state index in [0.717, 1.165) is 42.3 Å². The van der Waals surface area contributed by atoms with Crippen molar-refractivity contribution in [2.75, 3.05) is 13.1 Å². The Bertz CT molecular complexity index is 542. The van der Waals surface area contributed by atoms with Gasteiger partial charge in [0.25, 0.3) is 0 Å². The highest BCUT2D eigenvalue weighted by Crippen LogP contribution is 2.19. The Labute approximate surface area is 112 Å². The van der Waals surface area contributed by atoms with E-state index in [0.29, 0.717) is 5.92 Å². The van der Waals surface area contributed by atoms with Crippen LogP contribution >= 0.6 is 0 Å². The van der Waals surface area contributed by atoms with Crippen molar-refractivity contribution in [3.05, 3.63) is 29.8 Å². The topological polar surface area (TPSA) is 66.5 Å². The summed E-state index contributed by atoms with van der Waals surface area (Å²) in [6, 6.07) is 4.07. The molecule has 5 heteroatoms. The fourth-order valence-corrected chi connectivity index (χ4v) is 2.59. The van der Waals surface area contributed by atoms with Crippen LogP contribution in [-0.2, 0) is 6.42 Å². The van der Waals surface area contributed by atoms with Gasteiger partial charge in [-0.1, -0.05) is 0 Å². The normalized spacial score (nSPS) is 19.5. The molecular formula is C14H19N5. The molecule has 0 aromatic carbocycles. The summed E-state index contributed by atoms with van der Waals surface area (Å²) in [5, 5.41) is 10.6. The number of nitrogens with zero attached hydrogens (tertiary/aromatic N) is 3. The van der Waals surface area contributed by atoms with E-state index in [1.54, 1.807) is 6.33 Å². The minimum absolute atomic E-state index is 0.692. The summed E-state index contributed by atoms with van der Waals surface area (Å²) in [7, 11) is 0. The zero-order valence-corrected chi connectivity index (χ0v) is 11.2. The van der Waals surface area contributed by atoms with Gasteiger partial charge in [0.15, 0.2) is 0 Å². The lowest BCUT2D eigenvalue weighted by Gasteiger charge is -2.22. The number of nitrogens with one attached hydrogen (secondary N) is 2. The predicted octanol–water partition coefficient (Wildman–Crippen LogP) is 1.72. The lowest BCUT2D eigenvalue weighted by molar-refractivity contribution is 0.373. The van der Waals surface area contributed by atoms with E-state index >= 15 is 0 Å². The molecule has 0 radical (unpaired) electrons. The van der Waals surface area contributed by atoms with Gasteiger partial charge >= 0.3 is 0 Å². The standard InChI is InChI=1S/C14H19N5/c1-10-5-14(19-18-10)13-7-12(16-9-17-13)6-11-3-2-4-15-8-11/h5,7,9,11,15H,2-4,6,8H2,1H3,(H,18,19). The van der Waals surface area contributed by atoms with Crippen LogP contribution < -0.4 is 5.32 Å². The molecule has 1 saturated heterocycles. The maximum atomic E-state index is 4.39. The van der Waals surface area contributed by atoms with Crippen molar-refractivity contribution in [2.24, 2.45) is 5.92 Å². The summed E-state index contributed by atoms with van der Waals surface area (Å²) in [5.41, 5.74) is 3.95. The Hall–Kier alpha value is -1.75. The number of piperidine rings is 1. The maximum Gasteiger partial charge on any atom is 0.116 e. The van der Waals surface area contributed by atoms with E-state index in [4.69, 9.17) is 0 Å². The molecule has 3 heterocycles. The van der Waals surface area contributed by atoms with Gasteiger partial charge < -0.3 is 5.32 Å². The molecule has 0 aliphatic carbocycles. The van der Waals surface area contributed by atoms with Crippen molar-refractivity contribution >= 4 is 0 Å². The Morgan fingerprint density at radius 2 is 2.21 bits per heavy atom.